The number of hydrogen-bond acceptors (Lipinski definition) is 5. The summed E-state index contributed by atoms with van der Waals surface area (Å²) in [4.78, 5) is 23.3. The van der Waals surface area contributed by atoms with Gasteiger partial charge in [-0.25, -0.2) is 4.39 Å². The van der Waals surface area contributed by atoms with Gasteiger partial charge in [-0.15, -0.1) is 11.8 Å². The second-order valence-electron chi connectivity index (χ2n) is 5.06. The minimum atomic E-state index is -0.277. The van der Waals surface area contributed by atoms with Crippen LogP contribution in [0.15, 0.2) is 34.9 Å². The van der Waals surface area contributed by atoms with Crippen LogP contribution >= 0.6 is 11.8 Å². The topological polar surface area (TPSA) is 84.2 Å². The third-order valence-electron chi connectivity index (χ3n) is 3.04. The van der Waals surface area contributed by atoms with Crippen LogP contribution in [-0.2, 0) is 16.0 Å². The molecule has 1 aromatic carbocycles. The number of halogens is 1. The summed E-state index contributed by atoms with van der Waals surface area (Å²) in [5.41, 5.74) is 0.563. The molecule has 0 unspecified atom stereocenters. The minimum absolute atomic E-state index is 0.132. The van der Waals surface area contributed by atoms with Crippen molar-refractivity contribution in [1.82, 2.24) is 10.5 Å². The first-order valence-corrected chi connectivity index (χ1v) is 8.51. The van der Waals surface area contributed by atoms with E-state index in [4.69, 9.17) is 4.52 Å². The summed E-state index contributed by atoms with van der Waals surface area (Å²) in [6, 6.07) is 8.07. The largest absolute Gasteiger partial charge is 0.360 e. The monoisotopic (exact) mass is 351 g/mol. The summed E-state index contributed by atoms with van der Waals surface area (Å²) in [6.07, 6.45) is 0.426. The van der Waals surface area contributed by atoms with Crippen molar-refractivity contribution >= 4 is 29.4 Å². The molecule has 0 saturated heterocycles. The fraction of sp³-hybridized carbons (Fsp3) is 0.312. The van der Waals surface area contributed by atoms with Gasteiger partial charge in [0.2, 0.25) is 11.8 Å². The minimum Gasteiger partial charge on any atom is -0.360 e. The summed E-state index contributed by atoms with van der Waals surface area (Å²) in [7, 11) is 0. The molecule has 1 heterocycles. The van der Waals surface area contributed by atoms with Gasteiger partial charge in [-0.2, -0.15) is 0 Å². The molecule has 0 aliphatic carbocycles. The van der Waals surface area contributed by atoms with Gasteiger partial charge in [-0.1, -0.05) is 23.4 Å². The van der Waals surface area contributed by atoms with E-state index in [1.54, 1.807) is 31.2 Å². The van der Waals surface area contributed by atoms with E-state index < -0.39 is 0 Å². The second kappa shape index (κ2) is 9.07. The molecule has 2 aromatic rings. The number of aryl methyl sites for hydroxylation is 1. The highest BCUT2D eigenvalue weighted by atomic mass is 32.2. The maximum Gasteiger partial charge on any atom is 0.235 e. The number of aromatic nitrogens is 1. The van der Waals surface area contributed by atoms with Crippen LogP contribution in [0.25, 0.3) is 0 Å². The molecule has 0 bridgehead atoms. The highest BCUT2D eigenvalue weighted by molar-refractivity contribution is 8.00. The number of thioether (sulfide) groups is 1. The molecule has 8 heteroatoms. The van der Waals surface area contributed by atoms with Crippen LogP contribution in [0.2, 0.25) is 0 Å². The second-order valence-corrected chi connectivity index (χ2v) is 6.04. The molecule has 0 atom stereocenters. The summed E-state index contributed by atoms with van der Waals surface area (Å²) in [6.45, 7) is 2.08. The van der Waals surface area contributed by atoms with Crippen molar-refractivity contribution in [3.05, 3.63) is 47.5 Å². The zero-order chi connectivity index (χ0) is 17.4. The molecule has 0 saturated carbocycles. The molecule has 0 radical (unpaired) electrons. The normalized spacial score (nSPS) is 10.4. The van der Waals surface area contributed by atoms with Gasteiger partial charge in [0, 0.05) is 12.6 Å². The highest BCUT2D eigenvalue weighted by Gasteiger charge is 2.08. The fourth-order valence-electron chi connectivity index (χ4n) is 1.93. The number of hydrogen-bond donors (Lipinski definition) is 2. The van der Waals surface area contributed by atoms with Crippen molar-refractivity contribution in [2.24, 2.45) is 0 Å². The fourth-order valence-corrected chi connectivity index (χ4v) is 2.58. The summed E-state index contributed by atoms with van der Waals surface area (Å²) in [5.74, 6) is 0.518. The van der Waals surface area contributed by atoms with Gasteiger partial charge in [0.05, 0.1) is 11.5 Å². The van der Waals surface area contributed by atoms with Crippen LogP contribution in [0, 0.1) is 12.7 Å². The lowest BCUT2D eigenvalue weighted by atomic mass is 10.1. The molecule has 6 nitrogen and oxygen atoms in total. The van der Waals surface area contributed by atoms with E-state index in [1.165, 1.54) is 17.8 Å². The lowest BCUT2D eigenvalue weighted by molar-refractivity contribution is -0.118. The number of nitrogens with one attached hydrogen (secondary N) is 2. The van der Waals surface area contributed by atoms with Crippen molar-refractivity contribution in [2.45, 2.75) is 13.3 Å². The van der Waals surface area contributed by atoms with Crippen LogP contribution in [0.3, 0.4) is 0 Å². The maximum atomic E-state index is 13.4. The predicted molar refractivity (Wildman–Crippen MR) is 90.3 cm³/mol. The maximum absolute atomic E-state index is 13.4. The van der Waals surface area contributed by atoms with Gasteiger partial charge >= 0.3 is 0 Å². The smallest absolute Gasteiger partial charge is 0.235 e. The first-order chi connectivity index (χ1) is 11.5. The molecule has 128 valence electrons. The number of amides is 2. The first kappa shape index (κ1) is 18.0. The van der Waals surface area contributed by atoms with Crippen LogP contribution in [0.5, 0.6) is 0 Å². The molecule has 2 rings (SSSR count). The number of nitrogens with zero attached hydrogens (tertiary/aromatic N) is 1. The predicted octanol–water partition coefficient (Wildman–Crippen LogP) is 2.15. The lowest BCUT2D eigenvalue weighted by Crippen LogP contribution is -2.28. The Morgan fingerprint density at radius 2 is 2.00 bits per heavy atom. The average Bonchev–Trinajstić information content (AvgIpc) is 2.94. The zero-order valence-electron chi connectivity index (χ0n) is 13.2. The molecule has 1 aromatic heterocycles. The van der Waals surface area contributed by atoms with E-state index in [0.29, 0.717) is 30.1 Å². The number of anilines is 1. The molecule has 0 aliphatic rings. The van der Waals surface area contributed by atoms with Gasteiger partial charge in [-0.05, 0) is 25.0 Å². The van der Waals surface area contributed by atoms with Crippen molar-refractivity contribution in [3.63, 3.8) is 0 Å². The number of carbonyl (C=O) groups excluding carboxylic acids is 2. The highest BCUT2D eigenvalue weighted by Crippen LogP contribution is 2.09. The number of carbonyl (C=O) groups is 2. The van der Waals surface area contributed by atoms with Crippen molar-refractivity contribution < 1.29 is 18.5 Å². The van der Waals surface area contributed by atoms with E-state index in [2.05, 4.69) is 15.8 Å². The Bertz CT molecular complexity index is 705. The van der Waals surface area contributed by atoms with Crippen LogP contribution < -0.4 is 10.6 Å². The molecular formula is C16H18FN3O3S. The Hall–Kier alpha value is -2.35. The van der Waals surface area contributed by atoms with Crippen LogP contribution in [-0.4, -0.2) is 35.0 Å². The Morgan fingerprint density at radius 1 is 1.25 bits per heavy atom. The molecule has 0 spiro atoms. The van der Waals surface area contributed by atoms with Gasteiger partial charge in [-0.3, -0.25) is 9.59 Å². The van der Waals surface area contributed by atoms with Gasteiger partial charge in [0.25, 0.3) is 0 Å². The van der Waals surface area contributed by atoms with Crippen LogP contribution in [0.4, 0.5) is 10.2 Å². The van der Waals surface area contributed by atoms with E-state index in [9.17, 15) is 14.0 Å². The molecule has 2 N–H and O–H groups in total. The number of rotatable bonds is 8. The molecule has 24 heavy (non-hydrogen) atoms. The standard InChI is InChI=1S/C16H18FN3O3S/c1-11-8-14(20-23-11)19-16(22)10-24-9-15(21)18-7-6-12-4-2-3-5-13(12)17/h2-5,8H,6-7,9-10H2,1H3,(H,18,21)(H,19,20,22). The van der Waals surface area contributed by atoms with Crippen LogP contribution in [0.1, 0.15) is 11.3 Å². The summed E-state index contributed by atoms with van der Waals surface area (Å²) >= 11 is 1.19. The van der Waals surface area contributed by atoms with Gasteiger partial charge in [0.1, 0.15) is 11.6 Å². The summed E-state index contributed by atoms with van der Waals surface area (Å²) < 4.78 is 18.2. The Balaban J connectivity index is 1.59. The van der Waals surface area contributed by atoms with E-state index in [1.807, 2.05) is 0 Å². The third-order valence-corrected chi connectivity index (χ3v) is 3.97. The quantitative estimate of drug-likeness (QED) is 0.761. The molecular weight excluding hydrogens is 333 g/mol. The molecule has 0 aliphatic heterocycles. The molecule has 2 amide bonds. The number of benzene rings is 1. The SMILES string of the molecule is Cc1cc(NC(=O)CSCC(=O)NCCc2ccccc2F)no1. The van der Waals surface area contributed by atoms with E-state index in [-0.39, 0.29) is 29.1 Å². The van der Waals surface area contributed by atoms with E-state index >= 15 is 0 Å². The lowest BCUT2D eigenvalue weighted by Gasteiger charge is -2.06. The van der Waals surface area contributed by atoms with Crippen molar-refractivity contribution in [2.75, 3.05) is 23.4 Å². The third kappa shape index (κ3) is 6.04. The van der Waals surface area contributed by atoms with Crippen molar-refractivity contribution in [3.8, 4) is 0 Å². The van der Waals surface area contributed by atoms with Gasteiger partial charge < -0.3 is 15.2 Å². The van der Waals surface area contributed by atoms with E-state index in [0.717, 1.165) is 0 Å². The Kier molecular flexibility index (Phi) is 6.80. The average molecular weight is 351 g/mol. The first-order valence-electron chi connectivity index (χ1n) is 7.35. The zero-order valence-corrected chi connectivity index (χ0v) is 14.0. The van der Waals surface area contributed by atoms with Gasteiger partial charge in [0.15, 0.2) is 5.82 Å². The summed E-state index contributed by atoms with van der Waals surface area (Å²) in [5, 5.41) is 8.92. The Morgan fingerprint density at radius 3 is 2.71 bits per heavy atom. The van der Waals surface area contributed by atoms with Crippen molar-refractivity contribution in [1.29, 1.82) is 0 Å². The Labute approximate surface area is 143 Å². The molecule has 0 fully saturated rings.